The van der Waals surface area contributed by atoms with Crippen LogP contribution in [0.4, 0.5) is 0 Å². The molecule has 2 aromatic rings. The molecular weight excluding hydrogens is 316 g/mol. The van der Waals surface area contributed by atoms with Crippen molar-refractivity contribution in [3.63, 3.8) is 0 Å². The molecule has 0 spiro atoms. The Morgan fingerprint density at radius 2 is 1.96 bits per heavy atom. The summed E-state index contributed by atoms with van der Waals surface area (Å²) in [5.41, 5.74) is 0.883. The average Bonchev–Trinajstić information content (AvgIpc) is 3.12. The summed E-state index contributed by atoms with van der Waals surface area (Å²) in [6.45, 7) is 0. The minimum atomic E-state index is -0.817. The third-order valence-corrected chi connectivity index (χ3v) is 5.13. The van der Waals surface area contributed by atoms with E-state index in [4.69, 9.17) is 4.52 Å². The highest BCUT2D eigenvalue weighted by Crippen LogP contribution is 2.31. The lowest BCUT2D eigenvalue weighted by Gasteiger charge is -2.21. The molecule has 0 amide bonds. The predicted molar refractivity (Wildman–Crippen MR) is 95.2 cm³/mol. The fourth-order valence-electron chi connectivity index (χ4n) is 3.76. The molecule has 5 heteroatoms. The van der Waals surface area contributed by atoms with Gasteiger partial charge in [-0.1, -0.05) is 80.4 Å². The van der Waals surface area contributed by atoms with E-state index in [1.165, 1.54) is 38.5 Å². The summed E-state index contributed by atoms with van der Waals surface area (Å²) in [4.78, 5) is 15.7. The standard InChI is InChI=1S/C20H26N2O3/c23-18(24)14-17(13-7-10-15-8-3-1-4-9-15)20-21-19(22-25-20)16-11-5-2-6-12-16/h2,5-6,11-12,15,17H,1,3-4,7-10,13-14H2,(H,23,24). The number of carbonyl (C=O) groups is 1. The van der Waals surface area contributed by atoms with E-state index in [1.807, 2.05) is 30.3 Å². The molecule has 3 rings (SSSR count). The van der Waals surface area contributed by atoms with E-state index in [0.717, 1.165) is 24.3 Å². The molecule has 1 fully saturated rings. The van der Waals surface area contributed by atoms with E-state index in [2.05, 4.69) is 10.1 Å². The number of hydrogen-bond donors (Lipinski definition) is 1. The number of carboxylic acid groups (broad SMARTS) is 1. The summed E-state index contributed by atoms with van der Waals surface area (Å²) < 4.78 is 5.40. The van der Waals surface area contributed by atoms with Crippen molar-refractivity contribution < 1.29 is 14.4 Å². The van der Waals surface area contributed by atoms with Gasteiger partial charge in [-0.2, -0.15) is 4.98 Å². The zero-order valence-corrected chi connectivity index (χ0v) is 14.6. The van der Waals surface area contributed by atoms with Crippen LogP contribution in [0.25, 0.3) is 11.4 Å². The van der Waals surface area contributed by atoms with Crippen molar-refractivity contribution >= 4 is 5.97 Å². The van der Waals surface area contributed by atoms with Crippen LogP contribution in [0.15, 0.2) is 34.9 Å². The van der Waals surface area contributed by atoms with Gasteiger partial charge in [0.1, 0.15) is 0 Å². The Labute approximate surface area is 148 Å². The summed E-state index contributed by atoms with van der Waals surface area (Å²) in [6, 6.07) is 9.62. The lowest BCUT2D eigenvalue weighted by molar-refractivity contribution is -0.137. The molecule has 0 saturated heterocycles. The first kappa shape index (κ1) is 17.6. The Kier molecular flexibility index (Phi) is 6.20. The van der Waals surface area contributed by atoms with E-state index < -0.39 is 5.97 Å². The Morgan fingerprint density at radius 1 is 1.20 bits per heavy atom. The van der Waals surface area contributed by atoms with Crippen LogP contribution in [-0.2, 0) is 4.79 Å². The number of aromatic nitrogens is 2. The molecule has 25 heavy (non-hydrogen) atoms. The molecule has 1 saturated carbocycles. The molecule has 1 unspecified atom stereocenters. The Hall–Kier alpha value is -2.17. The maximum atomic E-state index is 11.2. The van der Waals surface area contributed by atoms with Gasteiger partial charge in [0, 0.05) is 11.5 Å². The third-order valence-electron chi connectivity index (χ3n) is 5.13. The van der Waals surface area contributed by atoms with Crippen molar-refractivity contribution in [3.8, 4) is 11.4 Å². The second-order valence-corrected chi connectivity index (χ2v) is 7.05. The molecule has 1 heterocycles. The van der Waals surface area contributed by atoms with E-state index >= 15 is 0 Å². The van der Waals surface area contributed by atoms with Crippen LogP contribution >= 0.6 is 0 Å². The van der Waals surface area contributed by atoms with Gasteiger partial charge in [-0.3, -0.25) is 4.79 Å². The summed E-state index contributed by atoms with van der Waals surface area (Å²) in [6.07, 6.45) is 9.72. The molecule has 1 N–H and O–H groups in total. The molecule has 1 aromatic carbocycles. The number of nitrogens with zero attached hydrogens (tertiary/aromatic N) is 2. The van der Waals surface area contributed by atoms with Gasteiger partial charge in [-0.05, 0) is 12.3 Å². The van der Waals surface area contributed by atoms with Crippen LogP contribution in [0.5, 0.6) is 0 Å². The maximum Gasteiger partial charge on any atom is 0.304 e. The second kappa shape index (κ2) is 8.79. The number of carboxylic acids is 1. The number of hydrogen-bond acceptors (Lipinski definition) is 4. The number of benzene rings is 1. The van der Waals surface area contributed by atoms with Crippen molar-refractivity contribution in [2.45, 2.75) is 63.7 Å². The van der Waals surface area contributed by atoms with Crippen molar-refractivity contribution in [1.29, 1.82) is 0 Å². The summed E-state index contributed by atoms with van der Waals surface area (Å²) in [5, 5.41) is 13.3. The van der Waals surface area contributed by atoms with Crippen molar-refractivity contribution in [3.05, 3.63) is 36.2 Å². The largest absolute Gasteiger partial charge is 0.481 e. The first-order chi connectivity index (χ1) is 12.2. The molecule has 1 aliphatic rings. The average molecular weight is 342 g/mol. The minimum absolute atomic E-state index is 0.0427. The Bertz CT molecular complexity index is 663. The van der Waals surface area contributed by atoms with E-state index in [0.29, 0.717) is 11.7 Å². The van der Waals surface area contributed by atoms with Crippen LogP contribution in [0.2, 0.25) is 0 Å². The van der Waals surface area contributed by atoms with E-state index in [1.54, 1.807) is 0 Å². The lowest BCUT2D eigenvalue weighted by Crippen LogP contribution is -2.09. The highest BCUT2D eigenvalue weighted by atomic mass is 16.5. The fraction of sp³-hybridized carbons (Fsp3) is 0.550. The van der Waals surface area contributed by atoms with Crippen molar-refractivity contribution in [2.75, 3.05) is 0 Å². The normalized spacial score (nSPS) is 16.6. The van der Waals surface area contributed by atoms with Crippen molar-refractivity contribution in [1.82, 2.24) is 10.1 Å². The van der Waals surface area contributed by atoms with Crippen LogP contribution in [0, 0.1) is 5.92 Å². The lowest BCUT2D eigenvalue weighted by atomic mass is 9.84. The second-order valence-electron chi connectivity index (χ2n) is 7.05. The third kappa shape index (κ3) is 5.15. The monoisotopic (exact) mass is 342 g/mol. The van der Waals surface area contributed by atoms with Gasteiger partial charge < -0.3 is 9.63 Å². The SMILES string of the molecule is O=C(O)CC(CCCC1CCCCC1)c1nc(-c2ccccc2)no1. The van der Waals surface area contributed by atoms with Gasteiger partial charge in [-0.25, -0.2) is 0 Å². The van der Waals surface area contributed by atoms with Gasteiger partial charge >= 0.3 is 5.97 Å². The molecule has 5 nitrogen and oxygen atoms in total. The highest BCUT2D eigenvalue weighted by molar-refractivity contribution is 5.67. The van der Waals surface area contributed by atoms with Crippen molar-refractivity contribution in [2.24, 2.45) is 5.92 Å². The Morgan fingerprint density at radius 3 is 2.68 bits per heavy atom. The van der Waals surface area contributed by atoms with Crippen LogP contribution < -0.4 is 0 Å². The molecular formula is C20H26N2O3. The molecule has 1 aliphatic carbocycles. The molecule has 1 atom stereocenters. The quantitative estimate of drug-likeness (QED) is 0.727. The molecule has 134 valence electrons. The Balaban J connectivity index is 1.62. The summed E-state index contributed by atoms with van der Waals surface area (Å²) in [5.74, 6) is 0.762. The van der Waals surface area contributed by atoms with Gasteiger partial charge in [0.2, 0.25) is 11.7 Å². The van der Waals surface area contributed by atoms with E-state index in [9.17, 15) is 9.90 Å². The first-order valence-corrected chi connectivity index (χ1v) is 9.33. The van der Waals surface area contributed by atoms with Crippen LogP contribution in [-0.4, -0.2) is 21.2 Å². The summed E-state index contributed by atoms with van der Waals surface area (Å²) >= 11 is 0. The van der Waals surface area contributed by atoms with Gasteiger partial charge in [0.15, 0.2) is 0 Å². The smallest absolute Gasteiger partial charge is 0.304 e. The van der Waals surface area contributed by atoms with Crippen LogP contribution in [0.3, 0.4) is 0 Å². The van der Waals surface area contributed by atoms with Crippen LogP contribution in [0.1, 0.15) is 69.6 Å². The zero-order valence-electron chi connectivity index (χ0n) is 14.6. The van der Waals surface area contributed by atoms with Gasteiger partial charge in [0.05, 0.1) is 6.42 Å². The zero-order chi connectivity index (χ0) is 17.5. The topological polar surface area (TPSA) is 76.2 Å². The first-order valence-electron chi connectivity index (χ1n) is 9.33. The summed E-state index contributed by atoms with van der Waals surface area (Å²) in [7, 11) is 0. The molecule has 0 bridgehead atoms. The van der Waals surface area contributed by atoms with E-state index in [-0.39, 0.29) is 12.3 Å². The number of rotatable bonds is 8. The fourth-order valence-corrected chi connectivity index (χ4v) is 3.76. The van der Waals surface area contributed by atoms with Gasteiger partial charge in [0.25, 0.3) is 0 Å². The highest BCUT2D eigenvalue weighted by Gasteiger charge is 2.23. The van der Waals surface area contributed by atoms with Gasteiger partial charge in [-0.15, -0.1) is 0 Å². The number of aliphatic carboxylic acids is 1. The molecule has 1 aromatic heterocycles. The minimum Gasteiger partial charge on any atom is -0.481 e. The maximum absolute atomic E-state index is 11.2. The molecule has 0 radical (unpaired) electrons. The predicted octanol–water partition coefficient (Wildman–Crippen LogP) is 5.05. The molecule has 0 aliphatic heterocycles.